The first kappa shape index (κ1) is 12.9. The molecule has 5 fully saturated rings. The van der Waals surface area contributed by atoms with Crippen molar-refractivity contribution in [1.82, 2.24) is 10.6 Å². The highest BCUT2D eigenvalue weighted by atomic mass is 16.3. The quantitative estimate of drug-likeness (QED) is 0.741. The van der Waals surface area contributed by atoms with Crippen molar-refractivity contribution in [1.29, 1.82) is 0 Å². The number of amides is 2. The summed E-state index contributed by atoms with van der Waals surface area (Å²) in [5.41, 5.74) is -0.258. The fraction of sp³-hybridized carbons (Fsp3) is 0.938. The molecule has 0 unspecified atom stereocenters. The zero-order valence-corrected chi connectivity index (χ0v) is 12.2. The van der Waals surface area contributed by atoms with E-state index in [9.17, 15) is 9.90 Å². The highest BCUT2D eigenvalue weighted by Gasteiger charge is 2.52. The lowest BCUT2D eigenvalue weighted by Gasteiger charge is -2.57. The Kier molecular flexibility index (Phi) is 2.82. The van der Waals surface area contributed by atoms with E-state index in [2.05, 4.69) is 10.6 Å². The Hall–Kier alpha value is -0.770. The summed E-state index contributed by atoms with van der Waals surface area (Å²) in [5.74, 6) is 2.53. The van der Waals surface area contributed by atoms with Crippen LogP contribution < -0.4 is 10.6 Å². The number of rotatable bonds is 3. The van der Waals surface area contributed by atoms with Gasteiger partial charge >= 0.3 is 6.03 Å². The number of nitrogens with one attached hydrogen (secondary N) is 2. The number of aliphatic hydroxyl groups excluding tert-OH is 1. The molecule has 5 rings (SSSR count). The van der Waals surface area contributed by atoms with E-state index in [-0.39, 0.29) is 23.7 Å². The first-order valence-electron chi connectivity index (χ1n) is 8.32. The van der Waals surface area contributed by atoms with E-state index in [0.29, 0.717) is 0 Å². The fourth-order valence-electron chi connectivity index (χ4n) is 5.70. The van der Waals surface area contributed by atoms with Crippen LogP contribution in [0.3, 0.4) is 0 Å². The average Bonchev–Trinajstić information content (AvgIpc) is 2.31. The molecule has 0 aliphatic heterocycles. The first-order chi connectivity index (χ1) is 9.60. The Labute approximate surface area is 120 Å². The lowest BCUT2D eigenvalue weighted by molar-refractivity contribution is -0.0149. The third-order valence-corrected chi connectivity index (χ3v) is 6.41. The molecule has 20 heavy (non-hydrogen) atoms. The van der Waals surface area contributed by atoms with Gasteiger partial charge < -0.3 is 15.7 Å². The molecule has 0 spiro atoms. The van der Waals surface area contributed by atoms with Gasteiger partial charge in [0, 0.05) is 5.54 Å². The van der Waals surface area contributed by atoms with E-state index in [0.717, 1.165) is 37.0 Å². The summed E-state index contributed by atoms with van der Waals surface area (Å²) in [4.78, 5) is 12.4. The molecule has 4 heteroatoms. The molecule has 5 saturated carbocycles. The van der Waals surface area contributed by atoms with Crippen LogP contribution in [0.4, 0.5) is 4.79 Å². The second kappa shape index (κ2) is 4.36. The predicted molar refractivity (Wildman–Crippen MR) is 76.2 cm³/mol. The molecule has 0 aromatic rings. The zero-order valence-electron chi connectivity index (χ0n) is 12.2. The van der Waals surface area contributed by atoms with Gasteiger partial charge in [-0.1, -0.05) is 0 Å². The molecule has 4 bridgehead atoms. The van der Waals surface area contributed by atoms with Crippen LogP contribution in [-0.4, -0.2) is 28.8 Å². The molecule has 0 aromatic heterocycles. The summed E-state index contributed by atoms with van der Waals surface area (Å²) in [6.07, 6.45) is 10.7. The normalized spacial score (nSPS) is 44.0. The van der Waals surface area contributed by atoms with Crippen molar-refractivity contribution in [3.8, 4) is 0 Å². The monoisotopic (exact) mass is 278 g/mol. The minimum absolute atomic E-state index is 0.0410. The first-order valence-corrected chi connectivity index (χ1v) is 8.32. The van der Waals surface area contributed by atoms with Gasteiger partial charge in [0.15, 0.2) is 0 Å². The Balaban J connectivity index is 1.42. The zero-order chi connectivity index (χ0) is 13.8. The topological polar surface area (TPSA) is 61.4 Å². The number of aliphatic hydroxyl groups is 1. The van der Waals surface area contributed by atoms with Crippen molar-refractivity contribution >= 4 is 6.03 Å². The number of hydrogen-bond acceptors (Lipinski definition) is 2. The number of carbonyl (C=O) groups excluding carboxylic acids is 1. The number of carbonyl (C=O) groups is 1. The molecule has 5 aliphatic rings. The van der Waals surface area contributed by atoms with Gasteiger partial charge in [-0.2, -0.15) is 0 Å². The third-order valence-electron chi connectivity index (χ3n) is 6.41. The largest absolute Gasteiger partial charge is 0.394 e. The fourth-order valence-corrected chi connectivity index (χ4v) is 5.70. The summed E-state index contributed by atoms with van der Waals surface area (Å²) in [6.45, 7) is 0.0707. The SMILES string of the molecule is O=C(NC1(CO)CCC1)NC12CC3CC(CC(C3)C1)C2. The van der Waals surface area contributed by atoms with E-state index in [4.69, 9.17) is 0 Å². The van der Waals surface area contributed by atoms with E-state index < -0.39 is 0 Å². The molecule has 0 aromatic carbocycles. The van der Waals surface area contributed by atoms with Crippen LogP contribution in [0.15, 0.2) is 0 Å². The summed E-state index contributed by atoms with van der Waals surface area (Å²) in [6, 6.07) is -0.0410. The molecule has 0 atom stereocenters. The van der Waals surface area contributed by atoms with Gasteiger partial charge in [-0.05, 0) is 75.5 Å². The van der Waals surface area contributed by atoms with Gasteiger partial charge in [-0.25, -0.2) is 4.79 Å². The average molecular weight is 278 g/mol. The Morgan fingerprint density at radius 2 is 1.55 bits per heavy atom. The maximum Gasteiger partial charge on any atom is 0.315 e. The standard InChI is InChI=1S/C16H26N2O2/c19-10-15(2-1-3-15)17-14(20)18-16-7-11-4-12(8-16)6-13(5-11)9-16/h11-13,19H,1-10H2,(H2,17,18,20). The Morgan fingerprint density at radius 3 is 1.95 bits per heavy atom. The van der Waals surface area contributed by atoms with Crippen molar-refractivity contribution in [2.75, 3.05) is 6.61 Å². The molecule has 2 amide bonds. The molecular weight excluding hydrogens is 252 g/mol. The highest BCUT2D eigenvalue weighted by Crippen LogP contribution is 2.55. The van der Waals surface area contributed by atoms with Gasteiger partial charge in [0.05, 0.1) is 12.1 Å². The number of hydrogen-bond donors (Lipinski definition) is 3. The van der Waals surface area contributed by atoms with E-state index in [1.807, 2.05) is 0 Å². The Morgan fingerprint density at radius 1 is 1.00 bits per heavy atom. The highest BCUT2D eigenvalue weighted by molar-refractivity contribution is 5.76. The van der Waals surface area contributed by atoms with Crippen LogP contribution in [-0.2, 0) is 0 Å². The van der Waals surface area contributed by atoms with Crippen molar-refractivity contribution in [3.63, 3.8) is 0 Å². The maximum absolute atomic E-state index is 12.4. The van der Waals surface area contributed by atoms with Crippen LogP contribution in [0.2, 0.25) is 0 Å². The molecule has 5 aliphatic carbocycles. The minimum atomic E-state index is -0.327. The third kappa shape index (κ3) is 2.03. The van der Waals surface area contributed by atoms with Crippen LogP contribution in [0, 0.1) is 17.8 Å². The van der Waals surface area contributed by atoms with Crippen molar-refractivity contribution in [3.05, 3.63) is 0 Å². The van der Waals surface area contributed by atoms with Crippen molar-refractivity contribution in [2.45, 2.75) is 68.9 Å². The number of urea groups is 1. The molecule has 3 N–H and O–H groups in total. The second-order valence-corrected chi connectivity index (χ2v) is 8.07. The van der Waals surface area contributed by atoms with Crippen molar-refractivity contribution in [2.24, 2.45) is 17.8 Å². The smallest absolute Gasteiger partial charge is 0.315 e. The van der Waals surface area contributed by atoms with Crippen LogP contribution in [0.25, 0.3) is 0 Å². The lowest BCUT2D eigenvalue weighted by Crippen LogP contribution is -2.65. The molecule has 4 nitrogen and oxygen atoms in total. The van der Waals surface area contributed by atoms with Crippen LogP contribution in [0.1, 0.15) is 57.8 Å². The molecule has 0 heterocycles. The summed E-state index contributed by atoms with van der Waals surface area (Å²) >= 11 is 0. The lowest BCUT2D eigenvalue weighted by atomic mass is 9.53. The van der Waals surface area contributed by atoms with Gasteiger partial charge in [0.25, 0.3) is 0 Å². The summed E-state index contributed by atoms with van der Waals surface area (Å²) in [5, 5.41) is 15.8. The Bertz CT molecular complexity index is 376. The minimum Gasteiger partial charge on any atom is -0.394 e. The molecule has 0 radical (unpaired) electrons. The summed E-state index contributed by atoms with van der Waals surface area (Å²) < 4.78 is 0. The maximum atomic E-state index is 12.4. The molecule has 0 saturated heterocycles. The predicted octanol–water partition coefficient (Wildman–Crippen LogP) is 2.17. The van der Waals surface area contributed by atoms with Gasteiger partial charge in [0.1, 0.15) is 0 Å². The molecule has 112 valence electrons. The van der Waals surface area contributed by atoms with E-state index >= 15 is 0 Å². The van der Waals surface area contributed by atoms with Gasteiger partial charge in [0.2, 0.25) is 0 Å². The van der Waals surface area contributed by atoms with Crippen LogP contribution in [0.5, 0.6) is 0 Å². The van der Waals surface area contributed by atoms with Gasteiger partial charge in [-0.3, -0.25) is 0 Å². The van der Waals surface area contributed by atoms with Crippen molar-refractivity contribution < 1.29 is 9.90 Å². The van der Waals surface area contributed by atoms with E-state index in [1.165, 1.54) is 38.5 Å². The van der Waals surface area contributed by atoms with Crippen LogP contribution >= 0.6 is 0 Å². The summed E-state index contributed by atoms with van der Waals surface area (Å²) in [7, 11) is 0. The molecular formula is C16H26N2O2. The van der Waals surface area contributed by atoms with Gasteiger partial charge in [-0.15, -0.1) is 0 Å². The second-order valence-electron chi connectivity index (χ2n) is 8.07. The van der Waals surface area contributed by atoms with E-state index in [1.54, 1.807) is 0 Å².